The molecule has 142 valence electrons. The second-order valence-corrected chi connectivity index (χ2v) is 8.77. The minimum Gasteiger partial charge on any atom is -0.472 e. The Hall–Kier alpha value is -1.66. The number of fused-ring (bicyclic) bond motifs is 2. The number of Topliss-reactive ketones (excluding diaryl/α,β-unsaturated/α-hetero) is 1. The Labute approximate surface area is 152 Å². The van der Waals surface area contributed by atoms with Crippen molar-refractivity contribution in [3.8, 4) is 0 Å². The monoisotopic (exact) mass is 362 g/mol. The van der Waals surface area contributed by atoms with Gasteiger partial charge in [-0.1, -0.05) is 13.8 Å². The summed E-state index contributed by atoms with van der Waals surface area (Å²) in [5.41, 5.74) is -2.51. The lowest BCUT2D eigenvalue weighted by molar-refractivity contribution is -0.230. The maximum Gasteiger partial charge on any atom is 0.313 e. The SMILES string of the molecule is CC1C(=O)CC2(C)C(CCC(O)C2(C)O)C12CC(c1ccoc1)OC2=O. The molecular formula is C20H26O6. The van der Waals surface area contributed by atoms with E-state index in [4.69, 9.17) is 9.15 Å². The van der Waals surface area contributed by atoms with E-state index >= 15 is 0 Å². The van der Waals surface area contributed by atoms with Crippen molar-refractivity contribution < 1.29 is 29.0 Å². The highest BCUT2D eigenvalue weighted by Crippen LogP contribution is 2.66. The van der Waals surface area contributed by atoms with Crippen LogP contribution in [0.5, 0.6) is 0 Å². The van der Waals surface area contributed by atoms with Crippen LogP contribution in [0.3, 0.4) is 0 Å². The van der Waals surface area contributed by atoms with Crippen molar-refractivity contribution in [2.24, 2.45) is 22.7 Å². The van der Waals surface area contributed by atoms with Crippen LogP contribution >= 0.6 is 0 Å². The van der Waals surface area contributed by atoms with Crippen LogP contribution in [0.2, 0.25) is 0 Å². The van der Waals surface area contributed by atoms with Crippen molar-refractivity contribution in [2.75, 3.05) is 0 Å². The van der Waals surface area contributed by atoms with Gasteiger partial charge in [0.15, 0.2) is 0 Å². The van der Waals surface area contributed by atoms with E-state index in [1.54, 1.807) is 26.2 Å². The summed E-state index contributed by atoms with van der Waals surface area (Å²) in [5, 5.41) is 21.5. The lowest BCUT2D eigenvalue weighted by Gasteiger charge is -2.61. The number of ketones is 1. The fourth-order valence-corrected chi connectivity index (χ4v) is 5.84. The van der Waals surface area contributed by atoms with Gasteiger partial charge in [0.25, 0.3) is 0 Å². The van der Waals surface area contributed by atoms with Crippen molar-refractivity contribution in [3.05, 3.63) is 24.2 Å². The van der Waals surface area contributed by atoms with E-state index in [1.165, 1.54) is 6.26 Å². The number of carbonyl (C=O) groups excluding carboxylic acids is 2. The van der Waals surface area contributed by atoms with Gasteiger partial charge >= 0.3 is 5.97 Å². The molecule has 2 N–H and O–H groups in total. The summed E-state index contributed by atoms with van der Waals surface area (Å²) >= 11 is 0. The van der Waals surface area contributed by atoms with E-state index in [9.17, 15) is 19.8 Å². The van der Waals surface area contributed by atoms with Crippen LogP contribution in [0.4, 0.5) is 0 Å². The number of carbonyl (C=O) groups is 2. The molecular weight excluding hydrogens is 336 g/mol. The van der Waals surface area contributed by atoms with Gasteiger partial charge in [0.2, 0.25) is 0 Å². The topological polar surface area (TPSA) is 97.0 Å². The molecule has 1 aliphatic heterocycles. The molecule has 3 aliphatic rings. The summed E-state index contributed by atoms with van der Waals surface area (Å²) in [6.45, 7) is 5.24. The zero-order valence-electron chi connectivity index (χ0n) is 15.4. The largest absolute Gasteiger partial charge is 0.472 e. The Morgan fingerprint density at radius 1 is 1.23 bits per heavy atom. The third-order valence-electron chi connectivity index (χ3n) is 7.79. The van der Waals surface area contributed by atoms with Crippen LogP contribution in [0.15, 0.2) is 23.0 Å². The summed E-state index contributed by atoms with van der Waals surface area (Å²) in [6.07, 6.45) is 3.28. The first kappa shape index (κ1) is 17.7. The number of cyclic esters (lactones) is 1. The summed E-state index contributed by atoms with van der Waals surface area (Å²) in [5.74, 6) is -1.13. The first-order valence-corrected chi connectivity index (χ1v) is 9.31. The molecule has 1 saturated heterocycles. The van der Waals surface area contributed by atoms with Crippen molar-refractivity contribution in [1.82, 2.24) is 0 Å². The van der Waals surface area contributed by atoms with Crippen molar-refractivity contribution >= 4 is 11.8 Å². The third kappa shape index (κ3) is 2.00. The molecule has 26 heavy (non-hydrogen) atoms. The van der Waals surface area contributed by atoms with E-state index in [-0.39, 0.29) is 24.1 Å². The molecule has 2 saturated carbocycles. The molecule has 0 bridgehead atoms. The first-order valence-electron chi connectivity index (χ1n) is 9.31. The van der Waals surface area contributed by atoms with E-state index < -0.39 is 34.6 Å². The molecule has 7 atom stereocenters. The summed E-state index contributed by atoms with van der Waals surface area (Å²) in [6, 6.07) is 1.77. The molecule has 1 spiro atoms. The van der Waals surface area contributed by atoms with Crippen molar-refractivity contribution in [3.63, 3.8) is 0 Å². The maximum atomic E-state index is 13.2. The van der Waals surface area contributed by atoms with Gasteiger partial charge < -0.3 is 19.4 Å². The van der Waals surface area contributed by atoms with Gasteiger partial charge in [0.05, 0.1) is 29.6 Å². The Kier molecular flexibility index (Phi) is 3.70. The number of rotatable bonds is 1. The zero-order chi connectivity index (χ0) is 18.9. The molecule has 1 aromatic heterocycles. The van der Waals surface area contributed by atoms with Gasteiger partial charge in [-0.15, -0.1) is 0 Å². The van der Waals surface area contributed by atoms with Crippen LogP contribution in [0.1, 0.15) is 58.1 Å². The Bertz CT molecular complexity index is 737. The fourth-order valence-electron chi connectivity index (χ4n) is 5.84. The van der Waals surface area contributed by atoms with Gasteiger partial charge in [-0.05, 0) is 31.7 Å². The Morgan fingerprint density at radius 3 is 2.62 bits per heavy atom. The normalized spacial score (nSPS) is 48.5. The van der Waals surface area contributed by atoms with E-state index in [0.29, 0.717) is 19.3 Å². The minimum atomic E-state index is -1.44. The van der Waals surface area contributed by atoms with Crippen LogP contribution in [0, 0.1) is 22.7 Å². The molecule has 2 aliphatic carbocycles. The number of ether oxygens (including phenoxy) is 1. The molecule has 0 amide bonds. The highest BCUT2D eigenvalue weighted by atomic mass is 16.6. The number of aliphatic hydroxyl groups is 2. The summed E-state index contributed by atoms with van der Waals surface area (Å²) in [4.78, 5) is 26.1. The predicted octanol–water partition coefficient (Wildman–Crippen LogP) is 2.39. The smallest absolute Gasteiger partial charge is 0.313 e. The number of esters is 1. The molecule has 6 heteroatoms. The second-order valence-electron chi connectivity index (χ2n) is 8.77. The second kappa shape index (κ2) is 5.42. The number of hydrogen-bond donors (Lipinski definition) is 2. The minimum absolute atomic E-state index is 0.0529. The lowest BCUT2D eigenvalue weighted by atomic mass is 9.42. The van der Waals surface area contributed by atoms with Gasteiger partial charge in [-0.25, -0.2) is 0 Å². The molecule has 2 heterocycles. The average Bonchev–Trinajstić information content (AvgIpc) is 3.20. The van der Waals surface area contributed by atoms with Gasteiger partial charge in [0.1, 0.15) is 11.9 Å². The van der Waals surface area contributed by atoms with E-state index in [0.717, 1.165) is 5.56 Å². The molecule has 0 aromatic carbocycles. The van der Waals surface area contributed by atoms with E-state index in [2.05, 4.69) is 0 Å². The summed E-state index contributed by atoms with van der Waals surface area (Å²) in [7, 11) is 0. The van der Waals surface area contributed by atoms with Crippen LogP contribution in [0.25, 0.3) is 0 Å². The highest BCUT2D eigenvalue weighted by molar-refractivity contribution is 5.92. The standard InChI is InChI=1S/C20H26O6/c1-11-13(21)8-18(2)15(4-5-16(22)19(18,3)24)20(11)9-14(26-17(20)23)12-6-7-25-10-12/h6-7,10-11,14-16,22,24H,4-5,8-9H2,1-3H3. The Morgan fingerprint density at radius 2 is 1.96 bits per heavy atom. The molecule has 6 nitrogen and oxygen atoms in total. The molecule has 3 fully saturated rings. The molecule has 0 radical (unpaired) electrons. The summed E-state index contributed by atoms with van der Waals surface area (Å²) < 4.78 is 10.8. The number of hydrogen-bond acceptors (Lipinski definition) is 6. The quantitative estimate of drug-likeness (QED) is 0.745. The number of aliphatic hydroxyl groups excluding tert-OH is 1. The van der Waals surface area contributed by atoms with Crippen molar-refractivity contribution in [2.45, 2.75) is 64.3 Å². The van der Waals surface area contributed by atoms with Crippen LogP contribution < -0.4 is 0 Å². The van der Waals surface area contributed by atoms with Gasteiger partial charge in [0, 0.05) is 29.7 Å². The van der Waals surface area contributed by atoms with Crippen LogP contribution in [-0.2, 0) is 14.3 Å². The van der Waals surface area contributed by atoms with E-state index in [1.807, 2.05) is 6.92 Å². The third-order valence-corrected chi connectivity index (χ3v) is 7.79. The van der Waals surface area contributed by atoms with Crippen molar-refractivity contribution in [1.29, 1.82) is 0 Å². The fraction of sp³-hybridized carbons (Fsp3) is 0.700. The Balaban J connectivity index is 1.82. The first-order chi connectivity index (χ1) is 12.1. The average molecular weight is 362 g/mol. The number of furan rings is 1. The van der Waals surface area contributed by atoms with Crippen LogP contribution in [-0.4, -0.2) is 33.7 Å². The highest BCUT2D eigenvalue weighted by Gasteiger charge is 2.71. The van der Waals surface area contributed by atoms with Gasteiger partial charge in [-0.3, -0.25) is 9.59 Å². The predicted molar refractivity (Wildman–Crippen MR) is 90.8 cm³/mol. The molecule has 4 rings (SSSR count). The van der Waals surface area contributed by atoms with Gasteiger partial charge in [-0.2, -0.15) is 0 Å². The molecule has 7 unspecified atom stereocenters. The lowest BCUT2D eigenvalue weighted by Crippen LogP contribution is -2.68. The molecule has 1 aromatic rings. The zero-order valence-corrected chi connectivity index (χ0v) is 15.4. The maximum absolute atomic E-state index is 13.2.